The van der Waals surface area contributed by atoms with Gasteiger partial charge < -0.3 is 9.84 Å². The van der Waals surface area contributed by atoms with Crippen molar-refractivity contribution in [2.45, 2.75) is 13.0 Å². The van der Waals surface area contributed by atoms with Crippen molar-refractivity contribution in [1.82, 2.24) is 10.1 Å². The summed E-state index contributed by atoms with van der Waals surface area (Å²) in [5.41, 5.74) is 0.783. The third-order valence-electron chi connectivity index (χ3n) is 1.96. The van der Waals surface area contributed by atoms with E-state index in [-0.39, 0.29) is 5.56 Å². The second-order valence-electron chi connectivity index (χ2n) is 2.72. The summed E-state index contributed by atoms with van der Waals surface area (Å²) in [6.45, 7) is 1.55. The van der Waals surface area contributed by atoms with Crippen LogP contribution in [0.1, 0.15) is 11.3 Å². The molecular weight excluding hydrogens is 144 g/mol. The lowest BCUT2D eigenvalue weighted by atomic mass is 10.1. The largest absolute Gasteiger partial charge is 0.381 e. The molecule has 0 aliphatic carbocycles. The molecule has 2 rings (SSSR count). The molecular formula is C7H10N2O2. The first kappa shape index (κ1) is 6.67. The van der Waals surface area contributed by atoms with Crippen LogP contribution in [0.25, 0.3) is 0 Å². The summed E-state index contributed by atoms with van der Waals surface area (Å²) in [6, 6.07) is 0. The molecule has 11 heavy (non-hydrogen) atoms. The Labute approximate surface area is 63.8 Å². The maximum atomic E-state index is 11.2. The predicted octanol–water partition coefficient (Wildman–Crippen LogP) is -0.376. The lowest BCUT2D eigenvalue weighted by molar-refractivity contribution is 0.272. The molecule has 2 heterocycles. The lowest BCUT2D eigenvalue weighted by Crippen LogP contribution is -2.27. The molecule has 1 aromatic heterocycles. The SMILES string of the molecule is Cn1oc2c(c1=O)CNCC2. The second-order valence-corrected chi connectivity index (χ2v) is 2.72. The predicted molar refractivity (Wildman–Crippen MR) is 39.4 cm³/mol. The fraction of sp³-hybridized carbons (Fsp3) is 0.571. The topological polar surface area (TPSA) is 47.2 Å². The fourth-order valence-electron chi connectivity index (χ4n) is 1.36. The van der Waals surface area contributed by atoms with Crippen LogP contribution in [0.15, 0.2) is 9.32 Å². The van der Waals surface area contributed by atoms with Gasteiger partial charge in [0.15, 0.2) is 0 Å². The molecule has 60 valence electrons. The lowest BCUT2D eigenvalue weighted by Gasteiger charge is -2.07. The Hall–Kier alpha value is -1.03. The molecule has 0 unspecified atom stereocenters. The number of rotatable bonds is 0. The van der Waals surface area contributed by atoms with E-state index in [1.165, 1.54) is 4.74 Å². The first-order chi connectivity index (χ1) is 5.29. The van der Waals surface area contributed by atoms with Gasteiger partial charge in [0.05, 0.1) is 5.56 Å². The first-order valence-electron chi connectivity index (χ1n) is 3.68. The van der Waals surface area contributed by atoms with Crippen LogP contribution < -0.4 is 10.9 Å². The third kappa shape index (κ3) is 0.903. The number of aryl methyl sites for hydroxylation is 1. The molecule has 1 aliphatic rings. The van der Waals surface area contributed by atoms with Gasteiger partial charge in [0.2, 0.25) is 0 Å². The van der Waals surface area contributed by atoms with E-state index >= 15 is 0 Å². The number of hydrogen-bond donors (Lipinski definition) is 1. The van der Waals surface area contributed by atoms with Crippen molar-refractivity contribution in [3.05, 3.63) is 21.7 Å². The summed E-state index contributed by atoms with van der Waals surface area (Å²) in [5, 5.41) is 3.12. The van der Waals surface area contributed by atoms with Crippen LogP contribution in [0.4, 0.5) is 0 Å². The van der Waals surface area contributed by atoms with Crippen molar-refractivity contribution < 1.29 is 4.52 Å². The van der Waals surface area contributed by atoms with Gasteiger partial charge in [-0.3, -0.25) is 4.79 Å². The monoisotopic (exact) mass is 154 g/mol. The van der Waals surface area contributed by atoms with E-state index in [1.54, 1.807) is 7.05 Å². The van der Waals surface area contributed by atoms with Crippen LogP contribution in [0.3, 0.4) is 0 Å². The number of hydrogen-bond acceptors (Lipinski definition) is 3. The molecule has 1 aliphatic heterocycles. The van der Waals surface area contributed by atoms with Gasteiger partial charge in [0.1, 0.15) is 5.76 Å². The Balaban J connectivity index is 2.59. The third-order valence-corrected chi connectivity index (χ3v) is 1.96. The van der Waals surface area contributed by atoms with Gasteiger partial charge in [-0.25, -0.2) is 0 Å². The second kappa shape index (κ2) is 2.23. The number of nitrogens with one attached hydrogen (secondary N) is 1. The Bertz CT molecular complexity index is 324. The van der Waals surface area contributed by atoms with Crippen molar-refractivity contribution in [3.8, 4) is 0 Å². The molecule has 0 saturated carbocycles. The van der Waals surface area contributed by atoms with Crippen LogP contribution in [0.5, 0.6) is 0 Å². The zero-order chi connectivity index (χ0) is 7.84. The standard InChI is InChI=1S/C7H10N2O2/c1-9-7(10)5-4-8-3-2-6(5)11-9/h8H,2-4H2,1H3. The zero-order valence-corrected chi connectivity index (χ0v) is 6.39. The van der Waals surface area contributed by atoms with E-state index in [1.807, 2.05) is 0 Å². The van der Waals surface area contributed by atoms with Crippen molar-refractivity contribution in [3.63, 3.8) is 0 Å². The summed E-state index contributed by atoms with van der Waals surface area (Å²) >= 11 is 0. The maximum Gasteiger partial charge on any atom is 0.286 e. The molecule has 0 bridgehead atoms. The van der Waals surface area contributed by atoms with Gasteiger partial charge >= 0.3 is 0 Å². The van der Waals surface area contributed by atoms with Gasteiger partial charge in [-0.1, -0.05) is 0 Å². The Kier molecular flexibility index (Phi) is 1.35. The molecule has 4 heteroatoms. The zero-order valence-electron chi connectivity index (χ0n) is 6.39. The Morgan fingerprint density at radius 2 is 2.45 bits per heavy atom. The molecule has 0 radical (unpaired) electrons. The van der Waals surface area contributed by atoms with E-state index in [0.717, 1.165) is 24.3 Å². The molecule has 0 fully saturated rings. The van der Waals surface area contributed by atoms with Crippen molar-refractivity contribution in [1.29, 1.82) is 0 Å². The first-order valence-corrected chi connectivity index (χ1v) is 3.68. The minimum atomic E-state index is -0.00722. The minimum Gasteiger partial charge on any atom is -0.381 e. The van der Waals surface area contributed by atoms with E-state index in [0.29, 0.717) is 6.54 Å². The van der Waals surface area contributed by atoms with Crippen molar-refractivity contribution >= 4 is 0 Å². The molecule has 1 aromatic rings. The minimum absolute atomic E-state index is 0.00722. The van der Waals surface area contributed by atoms with E-state index in [2.05, 4.69) is 5.32 Å². The Morgan fingerprint density at radius 3 is 3.18 bits per heavy atom. The van der Waals surface area contributed by atoms with E-state index in [4.69, 9.17) is 4.52 Å². The van der Waals surface area contributed by atoms with Crippen LogP contribution in [0.2, 0.25) is 0 Å². The highest BCUT2D eigenvalue weighted by Crippen LogP contribution is 2.08. The van der Waals surface area contributed by atoms with Crippen LogP contribution in [0, 0.1) is 0 Å². The molecule has 4 nitrogen and oxygen atoms in total. The van der Waals surface area contributed by atoms with Crippen LogP contribution in [-0.2, 0) is 20.0 Å². The van der Waals surface area contributed by atoms with Crippen molar-refractivity contribution in [2.24, 2.45) is 7.05 Å². The fourth-order valence-corrected chi connectivity index (χ4v) is 1.36. The smallest absolute Gasteiger partial charge is 0.286 e. The summed E-state index contributed by atoms with van der Waals surface area (Å²) in [6.07, 6.45) is 0.825. The van der Waals surface area contributed by atoms with Gasteiger partial charge in [0, 0.05) is 26.6 Å². The summed E-state index contributed by atoms with van der Waals surface area (Å²) < 4.78 is 6.49. The van der Waals surface area contributed by atoms with Gasteiger partial charge in [0.25, 0.3) is 5.56 Å². The average molecular weight is 154 g/mol. The average Bonchev–Trinajstić information content (AvgIpc) is 2.30. The molecule has 1 N–H and O–H groups in total. The summed E-state index contributed by atoms with van der Waals surface area (Å²) in [7, 11) is 1.64. The highest BCUT2D eigenvalue weighted by Gasteiger charge is 2.17. The number of aromatic nitrogens is 1. The van der Waals surface area contributed by atoms with E-state index < -0.39 is 0 Å². The van der Waals surface area contributed by atoms with Crippen molar-refractivity contribution in [2.75, 3.05) is 6.54 Å². The summed E-state index contributed by atoms with van der Waals surface area (Å²) in [5.74, 6) is 0.844. The molecule has 0 aromatic carbocycles. The molecule has 0 atom stereocenters. The quantitative estimate of drug-likeness (QED) is 0.554. The normalized spacial score (nSPS) is 16.5. The van der Waals surface area contributed by atoms with Gasteiger partial charge in [-0.2, -0.15) is 4.74 Å². The maximum absolute atomic E-state index is 11.2. The molecule has 0 spiro atoms. The highest BCUT2D eigenvalue weighted by atomic mass is 16.5. The van der Waals surface area contributed by atoms with Crippen LogP contribution >= 0.6 is 0 Å². The number of fused-ring (bicyclic) bond motifs is 1. The molecule has 0 amide bonds. The number of nitrogens with zero attached hydrogens (tertiary/aromatic N) is 1. The van der Waals surface area contributed by atoms with Crippen LogP contribution in [-0.4, -0.2) is 11.3 Å². The Morgan fingerprint density at radius 1 is 1.64 bits per heavy atom. The van der Waals surface area contributed by atoms with E-state index in [9.17, 15) is 4.79 Å². The van der Waals surface area contributed by atoms with Gasteiger partial charge in [-0.15, -0.1) is 0 Å². The molecule has 0 saturated heterocycles. The van der Waals surface area contributed by atoms with Gasteiger partial charge in [-0.05, 0) is 0 Å². The highest BCUT2D eigenvalue weighted by molar-refractivity contribution is 5.16. The summed E-state index contributed by atoms with van der Waals surface area (Å²) in [4.78, 5) is 11.2.